The summed E-state index contributed by atoms with van der Waals surface area (Å²) in [5.41, 5.74) is 1.40. The number of aliphatic hydroxyl groups is 1. The Labute approximate surface area is 124 Å². The van der Waals surface area contributed by atoms with Gasteiger partial charge in [0.25, 0.3) is 0 Å². The number of nitrogens with zero attached hydrogens (tertiary/aromatic N) is 1. The van der Waals surface area contributed by atoms with Crippen molar-refractivity contribution in [1.29, 1.82) is 0 Å². The van der Waals surface area contributed by atoms with Crippen LogP contribution in [0.3, 0.4) is 0 Å². The molecule has 3 heteroatoms. The normalized spacial score (nSPS) is 14.8. The van der Waals surface area contributed by atoms with Gasteiger partial charge in [-0.05, 0) is 26.0 Å². The predicted octanol–water partition coefficient (Wildman–Crippen LogP) is 2.26. The third kappa shape index (κ3) is 4.89. The highest BCUT2D eigenvalue weighted by atomic mass is 16.3. The van der Waals surface area contributed by atoms with Gasteiger partial charge in [0.1, 0.15) is 0 Å². The van der Waals surface area contributed by atoms with Gasteiger partial charge < -0.3 is 10.4 Å². The third-order valence-corrected chi connectivity index (χ3v) is 3.91. The van der Waals surface area contributed by atoms with Gasteiger partial charge in [0.15, 0.2) is 0 Å². The summed E-state index contributed by atoms with van der Waals surface area (Å²) in [4.78, 5) is 2.35. The smallest absolute Gasteiger partial charge is 0.0558 e. The Hall–Kier alpha value is -0.900. The topological polar surface area (TPSA) is 35.5 Å². The number of nitrogens with one attached hydrogen (secondary N) is 1. The molecule has 0 spiro atoms. The minimum atomic E-state index is 0.0523. The van der Waals surface area contributed by atoms with E-state index in [1.807, 2.05) is 0 Å². The van der Waals surface area contributed by atoms with E-state index in [2.05, 4.69) is 68.2 Å². The first-order chi connectivity index (χ1) is 9.53. The zero-order valence-corrected chi connectivity index (χ0v) is 13.4. The monoisotopic (exact) mass is 278 g/mol. The van der Waals surface area contributed by atoms with Crippen LogP contribution in [0.1, 0.15) is 33.3 Å². The lowest BCUT2D eigenvalue weighted by molar-refractivity contribution is 0.136. The van der Waals surface area contributed by atoms with E-state index in [9.17, 15) is 5.11 Å². The highest BCUT2D eigenvalue weighted by Gasteiger charge is 2.29. The Morgan fingerprint density at radius 2 is 1.90 bits per heavy atom. The molecule has 1 unspecified atom stereocenters. The Morgan fingerprint density at radius 1 is 1.25 bits per heavy atom. The molecule has 0 saturated heterocycles. The largest absolute Gasteiger partial charge is 0.395 e. The first kappa shape index (κ1) is 17.2. The molecule has 0 heterocycles. The SMILES string of the molecule is CCNCC(C)(CN(CCO)C(C)C)c1ccccc1. The van der Waals surface area contributed by atoms with Gasteiger partial charge in [0.2, 0.25) is 0 Å². The van der Waals surface area contributed by atoms with Crippen LogP contribution < -0.4 is 5.32 Å². The zero-order chi connectivity index (χ0) is 15.0. The van der Waals surface area contributed by atoms with E-state index in [1.165, 1.54) is 5.56 Å². The Kier molecular flexibility index (Phi) is 7.20. The summed E-state index contributed by atoms with van der Waals surface area (Å²) in [5, 5.41) is 12.8. The molecule has 114 valence electrons. The fraction of sp³-hybridized carbons (Fsp3) is 0.647. The number of likely N-dealkylation sites (N-methyl/N-ethyl adjacent to an activating group) is 1. The third-order valence-electron chi connectivity index (χ3n) is 3.91. The number of rotatable bonds is 9. The summed E-state index contributed by atoms with van der Waals surface area (Å²) in [6, 6.07) is 11.1. The van der Waals surface area contributed by atoms with Crippen LogP contribution in [0.25, 0.3) is 0 Å². The summed E-state index contributed by atoms with van der Waals surface area (Å²) in [6.07, 6.45) is 0. The molecule has 1 rings (SSSR count). The van der Waals surface area contributed by atoms with Gasteiger partial charge in [-0.3, -0.25) is 4.90 Å². The van der Waals surface area contributed by atoms with Gasteiger partial charge in [-0.1, -0.05) is 44.2 Å². The molecule has 1 aromatic carbocycles. The number of hydrogen-bond acceptors (Lipinski definition) is 3. The quantitative estimate of drug-likeness (QED) is 0.727. The lowest BCUT2D eigenvalue weighted by atomic mass is 9.81. The second-order valence-corrected chi connectivity index (χ2v) is 5.99. The molecular weight excluding hydrogens is 248 g/mol. The summed E-state index contributed by atoms with van der Waals surface area (Å²) < 4.78 is 0. The zero-order valence-electron chi connectivity index (χ0n) is 13.4. The molecular formula is C17H30N2O. The van der Waals surface area contributed by atoms with E-state index >= 15 is 0 Å². The van der Waals surface area contributed by atoms with Crippen LogP contribution in [0.2, 0.25) is 0 Å². The predicted molar refractivity (Wildman–Crippen MR) is 86.1 cm³/mol. The van der Waals surface area contributed by atoms with Gasteiger partial charge in [-0.25, -0.2) is 0 Å². The number of benzene rings is 1. The molecule has 0 aliphatic rings. The molecule has 0 aliphatic heterocycles. The second-order valence-electron chi connectivity index (χ2n) is 5.99. The van der Waals surface area contributed by atoms with Crippen molar-refractivity contribution in [3.05, 3.63) is 35.9 Å². The van der Waals surface area contributed by atoms with Gasteiger partial charge in [-0.15, -0.1) is 0 Å². The first-order valence-corrected chi connectivity index (χ1v) is 7.64. The Morgan fingerprint density at radius 3 is 2.40 bits per heavy atom. The highest BCUT2D eigenvalue weighted by Crippen LogP contribution is 2.25. The van der Waals surface area contributed by atoms with Crippen molar-refractivity contribution in [2.24, 2.45) is 0 Å². The molecule has 0 bridgehead atoms. The van der Waals surface area contributed by atoms with Crippen molar-refractivity contribution in [3.63, 3.8) is 0 Å². The molecule has 20 heavy (non-hydrogen) atoms. The average molecular weight is 278 g/mol. The summed E-state index contributed by atoms with van der Waals surface area (Å²) >= 11 is 0. The van der Waals surface area contributed by atoms with Crippen LogP contribution in [0.5, 0.6) is 0 Å². The summed E-state index contributed by atoms with van der Waals surface area (Å²) in [7, 11) is 0. The molecule has 0 radical (unpaired) electrons. The van der Waals surface area contributed by atoms with Crippen molar-refractivity contribution < 1.29 is 5.11 Å². The molecule has 0 aliphatic carbocycles. The molecule has 0 aromatic heterocycles. The summed E-state index contributed by atoms with van der Waals surface area (Å²) in [5.74, 6) is 0. The molecule has 1 aromatic rings. The lowest BCUT2D eigenvalue weighted by Gasteiger charge is -2.38. The maximum atomic E-state index is 9.27. The van der Waals surface area contributed by atoms with Crippen LogP contribution in [0, 0.1) is 0 Å². The first-order valence-electron chi connectivity index (χ1n) is 7.64. The van der Waals surface area contributed by atoms with E-state index in [0.29, 0.717) is 6.04 Å². The second kappa shape index (κ2) is 8.40. The van der Waals surface area contributed by atoms with Crippen molar-refractivity contribution in [3.8, 4) is 0 Å². The van der Waals surface area contributed by atoms with E-state index < -0.39 is 0 Å². The molecule has 1 atom stereocenters. The minimum Gasteiger partial charge on any atom is -0.395 e. The minimum absolute atomic E-state index is 0.0523. The molecule has 0 amide bonds. The molecule has 0 saturated carbocycles. The fourth-order valence-corrected chi connectivity index (χ4v) is 2.59. The Bertz CT molecular complexity index is 367. The van der Waals surface area contributed by atoms with Crippen LogP contribution in [-0.2, 0) is 5.41 Å². The van der Waals surface area contributed by atoms with Crippen molar-refractivity contribution >= 4 is 0 Å². The van der Waals surface area contributed by atoms with Gasteiger partial charge in [0.05, 0.1) is 6.61 Å². The molecule has 3 nitrogen and oxygen atoms in total. The highest BCUT2D eigenvalue weighted by molar-refractivity contribution is 5.25. The maximum absolute atomic E-state index is 9.27. The molecule has 2 N–H and O–H groups in total. The van der Waals surface area contributed by atoms with E-state index in [-0.39, 0.29) is 12.0 Å². The van der Waals surface area contributed by atoms with Crippen molar-refractivity contribution in [2.45, 2.75) is 39.2 Å². The number of hydrogen-bond donors (Lipinski definition) is 2. The Balaban J connectivity index is 2.92. The van der Waals surface area contributed by atoms with Crippen LogP contribution >= 0.6 is 0 Å². The fourth-order valence-electron chi connectivity index (χ4n) is 2.59. The lowest BCUT2D eigenvalue weighted by Crippen LogP contribution is -2.48. The maximum Gasteiger partial charge on any atom is 0.0558 e. The van der Waals surface area contributed by atoms with Crippen molar-refractivity contribution in [1.82, 2.24) is 10.2 Å². The van der Waals surface area contributed by atoms with Gasteiger partial charge >= 0.3 is 0 Å². The molecule has 0 fully saturated rings. The van der Waals surface area contributed by atoms with E-state index in [1.54, 1.807) is 0 Å². The van der Waals surface area contributed by atoms with Crippen LogP contribution in [-0.4, -0.2) is 48.8 Å². The van der Waals surface area contributed by atoms with Crippen molar-refractivity contribution in [2.75, 3.05) is 32.8 Å². The average Bonchev–Trinajstić information content (AvgIpc) is 2.45. The summed E-state index contributed by atoms with van der Waals surface area (Å²) in [6.45, 7) is 12.6. The standard InChI is InChI=1S/C17H30N2O/c1-5-18-13-17(4,16-9-7-6-8-10-16)14-19(11-12-20)15(2)3/h6-10,15,18,20H,5,11-14H2,1-4H3. The number of aliphatic hydroxyl groups excluding tert-OH is 1. The van der Waals surface area contributed by atoms with Gasteiger partial charge in [0, 0.05) is 31.1 Å². The van der Waals surface area contributed by atoms with Crippen LogP contribution in [0.4, 0.5) is 0 Å². The van der Waals surface area contributed by atoms with E-state index in [4.69, 9.17) is 0 Å². The van der Waals surface area contributed by atoms with E-state index in [0.717, 1.165) is 26.2 Å². The van der Waals surface area contributed by atoms with Crippen LogP contribution in [0.15, 0.2) is 30.3 Å². The van der Waals surface area contributed by atoms with Gasteiger partial charge in [-0.2, -0.15) is 0 Å².